The maximum Gasteiger partial charge on any atom is 0.335 e. The Bertz CT molecular complexity index is 554. The van der Waals surface area contributed by atoms with Crippen LogP contribution in [0.5, 0.6) is 0 Å². The number of carbonyl (C=O) groups excluding carboxylic acids is 1. The maximum atomic E-state index is 12.5. The average Bonchev–Trinajstić information content (AvgIpc) is 2.59. The molecule has 0 radical (unpaired) electrons. The number of amides is 1. The third-order valence-electron chi connectivity index (χ3n) is 4.76. The Morgan fingerprint density at radius 1 is 1.04 bits per heavy atom. The van der Waals surface area contributed by atoms with Gasteiger partial charge in [0.2, 0.25) is 5.91 Å². The number of carboxylic acid groups (broad SMARTS) is 1. The average molecular weight is 347 g/mol. The van der Waals surface area contributed by atoms with Crippen molar-refractivity contribution in [3.63, 3.8) is 0 Å². The van der Waals surface area contributed by atoms with E-state index in [1.165, 1.54) is 44.6 Å². The fraction of sp³-hybridized carbons (Fsp3) is 0.619. The summed E-state index contributed by atoms with van der Waals surface area (Å²) >= 11 is 0. The lowest BCUT2D eigenvalue weighted by molar-refractivity contribution is -0.120. The lowest BCUT2D eigenvalue weighted by Gasteiger charge is -2.16. The lowest BCUT2D eigenvalue weighted by Crippen LogP contribution is -2.23. The number of anilines is 1. The molecular formula is C21H33NO3. The Labute approximate surface area is 152 Å². The molecule has 0 spiro atoms. The third kappa shape index (κ3) is 7.72. The second-order valence-electron chi connectivity index (χ2n) is 6.84. The molecule has 1 atom stereocenters. The molecule has 1 rings (SSSR count). The van der Waals surface area contributed by atoms with Gasteiger partial charge >= 0.3 is 5.97 Å². The molecule has 4 heteroatoms. The monoisotopic (exact) mass is 347 g/mol. The molecule has 0 saturated heterocycles. The van der Waals surface area contributed by atoms with Crippen LogP contribution in [0.15, 0.2) is 18.2 Å². The zero-order valence-electron chi connectivity index (χ0n) is 15.9. The number of aromatic carboxylic acids is 1. The standard InChI is InChI=1S/C21H33NO3/c1-4-6-7-8-9-10-11-12-17(5-2)20(23)22-19-15-18(21(24)25)14-13-16(19)3/h13-15,17H,4-12H2,1-3H3,(H,22,23)(H,24,25). The summed E-state index contributed by atoms with van der Waals surface area (Å²) in [5, 5.41) is 12.0. The zero-order chi connectivity index (χ0) is 18.7. The molecular weight excluding hydrogens is 314 g/mol. The molecule has 140 valence electrons. The number of rotatable bonds is 12. The molecule has 0 saturated carbocycles. The summed E-state index contributed by atoms with van der Waals surface area (Å²) in [5.74, 6) is -0.992. The number of benzene rings is 1. The number of unbranched alkanes of at least 4 members (excludes halogenated alkanes) is 6. The van der Waals surface area contributed by atoms with Crippen molar-refractivity contribution < 1.29 is 14.7 Å². The van der Waals surface area contributed by atoms with E-state index in [-0.39, 0.29) is 17.4 Å². The molecule has 2 N–H and O–H groups in total. The highest BCUT2D eigenvalue weighted by molar-refractivity contribution is 5.95. The lowest BCUT2D eigenvalue weighted by atomic mass is 9.96. The van der Waals surface area contributed by atoms with Crippen molar-refractivity contribution in [2.45, 2.75) is 78.6 Å². The topological polar surface area (TPSA) is 66.4 Å². The van der Waals surface area contributed by atoms with Gasteiger partial charge in [-0.15, -0.1) is 0 Å². The SMILES string of the molecule is CCCCCCCCCC(CC)C(=O)Nc1cc(C(=O)O)ccc1C. The summed E-state index contributed by atoms with van der Waals surface area (Å²) in [6.07, 6.45) is 10.4. The van der Waals surface area contributed by atoms with Gasteiger partial charge in [0, 0.05) is 11.6 Å². The predicted octanol–water partition coefficient (Wildman–Crippen LogP) is 5.80. The van der Waals surface area contributed by atoms with Gasteiger partial charge in [0.15, 0.2) is 0 Å². The number of nitrogens with one attached hydrogen (secondary N) is 1. The smallest absolute Gasteiger partial charge is 0.335 e. The van der Waals surface area contributed by atoms with Crippen LogP contribution in [0.2, 0.25) is 0 Å². The molecule has 25 heavy (non-hydrogen) atoms. The van der Waals surface area contributed by atoms with Crippen LogP contribution in [0.25, 0.3) is 0 Å². The Balaban J connectivity index is 2.48. The van der Waals surface area contributed by atoms with Crippen LogP contribution < -0.4 is 5.32 Å². The normalized spacial score (nSPS) is 12.0. The fourth-order valence-electron chi connectivity index (χ4n) is 2.99. The van der Waals surface area contributed by atoms with Crippen molar-refractivity contribution in [1.82, 2.24) is 0 Å². The Hall–Kier alpha value is -1.84. The second kappa shape index (κ2) is 11.7. The first-order chi connectivity index (χ1) is 12.0. The van der Waals surface area contributed by atoms with Crippen LogP contribution in [0, 0.1) is 12.8 Å². The van der Waals surface area contributed by atoms with Gasteiger partial charge in [0.05, 0.1) is 5.56 Å². The van der Waals surface area contributed by atoms with Crippen molar-refractivity contribution in [3.05, 3.63) is 29.3 Å². The molecule has 1 aromatic rings. The summed E-state index contributed by atoms with van der Waals surface area (Å²) in [6, 6.07) is 4.83. The van der Waals surface area contributed by atoms with E-state index in [2.05, 4.69) is 12.2 Å². The summed E-state index contributed by atoms with van der Waals surface area (Å²) in [4.78, 5) is 23.6. The van der Waals surface area contributed by atoms with Crippen molar-refractivity contribution in [2.24, 2.45) is 5.92 Å². The van der Waals surface area contributed by atoms with Gasteiger partial charge in [-0.2, -0.15) is 0 Å². The fourth-order valence-corrected chi connectivity index (χ4v) is 2.99. The summed E-state index contributed by atoms with van der Waals surface area (Å²) in [6.45, 7) is 6.13. The van der Waals surface area contributed by atoms with Crippen LogP contribution in [0.4, 0.5) is 5.69 Å². The van der Waals surface area contributed by atoms with E-state index in [1.54, 1.807) is 12.1 Å². The second-order valence-corrected chi connectivity index (χ2v) is 6.84. The van der Waals surface area contributed by atoms with Crippen LogP contribution in [0.1, 0.15) is 87.6 Å². The number of hydrogen-bond acceptors (Lipinski definition) is 2. The Morgan fingerprint density at radius 2 is 1.68 bits per heavy atom. The summed E-state index contributed by atoms with van der Waals surface area (Å²) in [7, 11) is 0. The molecule has 0 aliphatic rings. The molecule has 0 aliphatic carbocycles. The minimum absolute atomic E-state index is 0.000813. The molecule has 1 unspecified atom stereocenters. The zero-order valence-corrected chi connectivity index (χ0v) is 15.9. The molecule has 0 bridgehead atoms. The molecule has 0 aromatic heterocycles. The first-order valence-electron chi connectivity index (χ1n) is 9.64. The van der Waals surface area contributed by atoms with E-state index < -0.39 is 5.97 Å². The molecule has 0 heterocycles. The summed E-state index contributed by atoms with van der Waals surface area (Å²) < 4.78 is 0. The van der Waals surface area contributed by atoms with E-state index in [0.717, 1.165) is 24.8 Å². The van der Waals surface area contributed by atoms with Crippen molar-refractivity contribution in [1.29, 1.82) is 0 Å². The molecule has 4 nitrogen and oxygen atoms in total. The number of aryl methyl sites for hydroxylation is 1. The van der Waals surface area contributed by atoms with E-state index in [1.807, 2.05) is 13.8 Å². The number of carbonyl (C=O) groups is 2. The van der Waals surface area contributed by atoms with Crippen molar-refractivity contribution in [2.75, 3.05) is 5.32 Å². The molecule has 0 fully saturated rings. The van der Waals surface area contributed by atoms with Crippen molar-refractivity contribution in [3.8, 4) is 0 Å². The maximum absolute atomic E-state index is 12.5. The predicted molar refractivity (Wildman–Crippen MR) is 103 cm³/mol. The van der Waals surface area contributed by atoms with Gasteiger partial charge in [-0.25, -0.2) is 4.79 Å². The quantitative estimate of drug-likeness (QED) is 0.470. The van der Waals surface area contributed by atoms with E-state index in [0.29, 0.717) is 5.69 Å². The number of hydrogen-bond donors (Lipinski definition) is 2. The van der Waals surface area contributed by atoms with Gasteiger partial charge in [-0.1, -0.05) is 64.9 Å². The van der Waals surface area contributed by atoms with Crippen molar-refractivity contribution >= 4 is 17.6 Å². The minimum atomic E-state index is -0.981. The Morgan fingerprint density at radius 3 is 2.28 bits per heavy atom. The molecule has 1 amide bonds. The Kier molecular flexibility index (Phi) is 9.90. The van der Waals surface area contributed by atoms with E-state index in [9.17, 15) is 9.59 Å². The van der Waals surface area contributed by atoms with Crippen LogP contribution >= 0.6 is 0 Å². The number of carboxylic acids is 1. The molecule has 0 aliphatic heterocycles. The largest absolute Gasteiger partial charge is 0.478 e. The van der Waals surface area contributed by atoms with Crippen LogP contribution in [-0.2, 0) is 4.79 Å². The van der Waals surface area contributed by atoms with Gasteiger partial charge in [0.1, 0.15) is 0 Å². The highest BCUT2D eigenvalue weighted by atomic mass is 16.4. The van der Waals surface area contributed by atoms with Crippen LogP contribution in [0.3, 0.4) is 0 Å². The van der Waals surface area contributed by atoms with Crippen LogP contribution in [-0.4, -0.2) is 17.0 Å². The van der Waals surface area contributed by atoms with Gasteiger partial charge in [-0.3, -0.25) is 4.79 Å². The third-order valence-corrected chi connectivity index (χ3v) is 4.76. The molecule has 1 aromatic carbocycles. The minimum Gasteiger partial charge on any atom is -0.478 e. The first kappa shape index (κ1) is 21.2. The van der Waals surface area contributed by atoms with Gasteiger partial charge < -0.3 is 10.4 Å². The van der Waals surface area contributed by atoms with E-state index >= 15 is 0 Å². The first-order valence-corrected chi connectivity index (χ1v) is 9.64. The van der Waals surface area contributed by atoms with E-state index in [4.69, 9.17) is 5.11 Å². The highest BCUT2D eigenvalue weighted by Gasteiger charge is 2.17. The highest BCUT2D eigenvalue weighted by Crippen LogP contribution is 2.21. The van der Waals surface area contributed by atoms with Gasteiger partial charge in [0.25, 0.3) is 0 Å². The van der Waals surface area contributed by atoms with Gasteiger partial charge in [-0.05, 0) is 37.5 Å². The summed E-state index contributed by atoms with van der Waals surface area (Å²) in [5.41, 5.74) is 1.67.